The van der Waals surface area contributed by atoms with Crippen LogP contribution in [-0.4, -0.2) is 40.9 Å². The molecule has 142 valence electrons. The molecular formula is C19H25ClN2O4. The van der Waals surface area contributed by atoms with E-state index in [-0.39, 0.29) is 34.4 Å². The highest BCUT2D eigenvalue weighted by Crippen LogP contribution is 2.26. The molecule has 1 aliphatic rings. The molecule has 2 amide bonds. The third kappa shape index (κ3) is 5.46. The van der Waals surface area contributed by atoms with Gasteiger partial charge in [-0.3, -0.25) is 14.4 Å². The van der Waals surface area contributed by atoms with Gasteiger partial charge in [0.05, 0.1) is 16.5 Å². The lowest BCUT2D eigenvalue weighted by Crippen LogP contribution is -2.42. The molecule has 0 spiro atoms. The topological polar surface area (TPSA) is 86.7 Å². The molecule has 1 saturated heterocycles. The van der Waals surface area contributed by atoms with Crippen molar-refractivity contribution in [2.75, 3.05) is 18.4 Å². The molecule has 2 N–H and O–H groups in total. The standard InChI is InChI=1S/C19H25ClN2O4/c1-19(2,3)10-16(23)21-13-6-7-15(20)14(9-13)17(24)22-8-4-5-12(11-22)18(25)26/h6-7,9,12H,4-5,8,10-11H2,1-3H3,(H,21,23)(H,25,26)/t12-/m0/s1. The molecule has 1 aliphatic heterocycles. The molecule has 6 nitrogen and oxygen atoms in total. The number of piperidine rings is 1. The summed E-state index contributed by atoms with van der Waals surface area (Å²) in [5, 5.41) is 12.3. The van der Waals surface area contributed by atoms with Crippen molar-refractivity contribution < 1.29 is 19.5 Å². The zero-order chi connectivity index (χ0) is 19.5. The molecule has 1 fully saturated rings. The molecule has 0 unspecified atom stereocenters. The van der Waals surface area contributed by atoms with E-state index in [1.807, 2.05) is 20.8 Å². The number of nitrogens with one attached hydrogen (secondary N) is 1. The van der Waals surface area contributed by atoms with Gasteiger partial charge in [0.15, 0.2) is 0 Å². The van der Waals surface area contributed by atoms with Crippen molar-refractivity contribution in [2.24, 2.45) is 11.3 Å². The fourth-order valence-electron chi connectivity index (χ4n) is 2.99. The van der Waals surface area contributed by atoms with Crippen molar-refractivity contribution in [1.29, 1.82) is 0 Å². The van der Waals surface area contributed by atoms with E-state index in [0.717, 1.165) is 0 Å². The minimum atomic E-state index is -0.892. The van der Waals surface area contributed by atoms with E-state index in [1.54, 1.807) is 18.2 Å². The number of carboxylic acids is 1. The van der Waals surface area contributed by atoms with Crippen molar-refractivity contribution in [3.8, 4) is 0 Å². The maximum atomic E-state index is 12.8. The molecule has 0 saturated carbocycles. The van der Waals surface area contributed by atoms with Gasteiger partial charge >= 0.3 is 5.97 Å². The van der Waals surface area contributed by atoms with Gasteiger partial charge < -0.3 is 15.3 Å². The van der Waals surface area contributed by atoms with Crippen LogP contribution in [0.15, 0.2) is 18.2 Å². The molecule has 1 heterocycles. The average molecular weight is 381 g/mol. The number of halogens is 1. The van der Waals surface area contributed by atoms with Crippen LogP contribution in [0.5, 0.6) is 0 Å². The van der Waals surface area contributed by atoms with E-state index >= 15 is 0 Å². The number of carboxylic acid groups (broad SMARTS) is 1. The number of hydrogen-bond acceptors (Lipinski definition) is 3. The zero-order valence-corrected chi connectivity index (χ0v) is 16.1. The maximum absolute atomic E-state index is 12.8. The third-order valence-corrected chi connectivity index (χ3v) is 4.56. The first kappa shape index (κ1) is 20.2. The van der Waals surface area contributed by atoms with Crippen LogP contribution in [0.1, 0.15) is 50.4 Å². The van der Waals surface area contributed by atoms with E-state index in [4.69, 9.17) is 11.6 Å². The third-order valence-electron chi connectivity index (χ3n) is 4.23. The lowest BCUT2D eigenvalue weighted by Gasteiger charge is -2.31. The lowest BCUT2D eigenvalue weighted by atomic mass is 9.92. The van der Waals surface area contributed by atoms with Gasteiger partial charge in [0, 0.05) is 25.2 Å². The predicted octanol–water partition coefficient (Wildman–Crippen LogP) is 3.65. The van der Waals surface area contributed by atoms with Gasteiger partial charge in [0.1, 0.15) is 0 Å². The monoisotopic (exact) mass is 380 g/mol. The number of hydrogen-bond donors (Lipinski definition) is 2. The summed E-state index contributed by atoms with van der Waals surface area (Å²) in [6.45, 7) is 6.58. The van der Waals surface area contributed by atoms with Gasteiger partial charge in [-0.05, 0) is 36.5 Å². The highest BCUT2D eigenvalue weighted by atomic mass is 35.5. The number of amides is 2. The summed E-state index contributed by atoms with van der Waals surface area (Å²) in [6, 6.07) is 4.77. The summed E-state index contributed by atoms with van der Waals surface area (Å²) < 4.78 is 0. The zero-order valence-electron chi connectivity index (χ0n) is 15.3. The first-order valence-corrected chi connectivity index (χ1v) is 9.06. The second-order valence-corrected chi connectivity index (χ2v) is 8.32. The van der Waals surface area contributed by atoms with E-state index < -0.39 is 11.9 Å². The second-order valence-electron chi connectivity index (χ2n) is 7.91. The van der Waals surface area contributed by atoms with Gasteiger partial charge in [0.2, 0.25) is 5.91 Å². The largest absolute Gasteiger partial charge is 0.481 e. The number of anilines is 1. The Balaban J connectivity index is 2.14. The number of aliphatic carboxylic acids is 1. The van der Waals surface area contributed by atoms with Gasteiger partial charge in [-0.1, -0.05) is 32.4 Å². The molecule has 2 rings (SSSR count). The van der Waals surface area contributed by atoms with Crippen LogP contribution in [0, 0.1) is 11.3 Å². The quantitative estimate of drug-likeness (QED) is 0.834. The van der Waals surface area contributed by atoms with Crippen LogP contribution in [-0.2, 0) is 9.59 Å². The lowest BCUT2D eigenvalue weighted by molar-refractivity contribution is -0.143. The van der Waals surface area contributed by atoms with Crippen molar-refractivity contribution in [1.82, 2.24) is 4.90 Å². The Hall–Kier alpha value is -2.08. The SMILES string of the molecule is CC(C)(C)CC(=O)Nc1ccc(Cl)c(C(=O)N2CCC[C@H](C(=O)O)C2)c1. The highest BCUT2D eigenvalue weighted by Gasteiger charge is 2.29. The van der Waals surface area contributed by atoms with Gasteiger partial charge in [0.25, 0.3) is 5.91 Å². The molecule has 0 aromatic heterocycles. The first-order chi connectivity index (χ1) is 12.1. The molecule has 26 heavy (non-hydrogen) atoms. The van der Waals surface area contributed by atoms with E-state index in [9.17, 15) is 19.5 Å². The summed E-state index contributed by atoms with van der Waals surface area (Å²) >= 11 is 6.18. The van der Waals surface area contributed by atoms with Crippen molar-refractivity contribution in [2.45, 2.75) is 40.0 Å². The second kappa shape index (κ2) is 8.08. The van der Waals surface area contributed by atoms with Crippen LogP contribution in [0.25, 0.3) is 0 Å². The van der Waals surface area contributed by atoms with Gasteiger partial charge in [-0.2, -0.15) is 0 Å². The summed E-state index contributed by atoms with van der Waals surface area (Å²) in [4.78, 5) is 37.6. The van der Waals surface area contributed by atoms with Crippen molar-refractivity contribution in [3.05, 3.63) is 28.8 Å². The van der Waals surface area contributed by atoms with Crippen LogP contribution in [0.4, 0.5) is 5.69 Å². The Morgan fingerprint density at radius 2 is 2.00 bits per heavy atom. The van der Waals surface area contributed by atoms with Crippen LogP contribution in [0.2, 0.25) is 5.02 Å². The summed E-state index contributed by atoms with van der Waals surface area (Å²) in [7, 11) is 0. The number of benzene rings is 1. The van der Waals surface area contributed by atoms with Crippen molar-refractivity contribution >= 4 is 35.1 Å². The molecule has 0 bridgehead atoms. The number of rotatable bonds is 4. The van der Waals surface area contributed by atoms with E-state index in [0.29, 0.717) is 31.5 Å². The molecule has 1 atom stereocenters. The van der Waals surface area contributed by atoms with Crippen LogP contribution < -0.4 is 5.32 Å². The molecular weight excluding hydrogens is 356 g/mol. The minimum Gasteiger partial charge on any atom is -0.481 e. The number of carbonyl (C=O) groups is 3. The fraction of sp³-hybridized carbons (Fsp3) is 0.526. The maximum Gasteiger partial charge on any atom is 0.308 e. The van der Waals surface area contributed by atoms with Crippen molar-refractivity contribution in [3.63, 3.8) is 0 Å². The fourth-order valence-corrected chi connectivity index (χ4v) is 3.19. The average Bonchev–Trinajstić information content (AvgIpc) is 2.54. The Morgan fingerprint density at radius 1 is 1.31 bits per heavy atom. The van der Waals surface area contributed by atoms with E-state index in [1.165, 1.54) is 4.90 Å². The van der Waals surface area contributed by atoms with E-state index in [2.05, 4.69) is 5.32 Å². The predicted molar refractivity (Wildman–Crippen MR) is 100 cm³/mol. The Labute approximate surface area is 158 Å². The summed E-state index contributed by atoms with van der Waals surface area (Å²) in [5.74, 6) is -1.90. The molecule has 0 aliphatic carbocycles. The van der Waals surface area contributed by atoms with Crippen LogP contribution in [0.3, 0.4) is 0 Å². The molecule has 0 radical (unpaired) electrons. The molecule has 1 aromatic carbocycles. The number of nitrogens with zero attached hydrogens (tertiary/aromatic N) is 1. The highest BCUT2D eigenvalue weighted by molar-refractivity contribution is 6.34. The first-order valence-electron chi connectivity index (χ1n) is 8.68. The molecule has 7 heteroatoms. The van der Waals surface area contributed by atoms with Gasteiger partial charge in [-0.15, -0.1) is 0 Å². The number of likely N-dealkylation sites (tertiary alicyclic amines) is 1. The minimum absolute atomic E-state index is 0.137. The number of carbonyl (C=O) groups excluding carboxylic acids is 2. The molecule has 1 aromatic rings. The van der Waals surface area contributed by atoms with Gasteiger partial charge in [-0.25, -0.2) is 0 Å². The Kier molecular flexibility index (Phi) is 6.29. The summed E-state index contributed by atoms with van der Waals surface area (Å²) in [6.07, 6.45) is 1.56. The Bertz CT molecular complexity index is 712. The van der Waals surface area contributed by atoms with Crippen LogP contribution >= 0.6 is 11.6 Å². The smallest absolute Gasteiger partial charge is 0.308 e. The summed E-state index contributed by atoms with van der Waals surface area (Å²) in [5.41, 5.74) is 0.625. The normalized spacial score (nSPS) is 17.7. The Morgan fingerprint density at radius 3 is 2.62 bits per heavy atom.